The van der Waals surface area contributed by atoms with Crippen LogP contribution in [0, 0.1) is 13.8 Å². The maximum atomic E-state index is 2.30. The molecule has 0 bridgehead atoms. The molecule has 0 radical (unpaired) electrons. The average Bonchev–Trinajstić information content (AvgIpc) is 2.74. The molecule has 0 nitrogen and oxygen atoms in total. The summed E-state index contributed by atoms with van der Waals surface area (Å²) in [7, 11) is 0. The maximum Gasteiger partial charge on any atom is -0.0105 e. The van der Waals surface area contributed by atoms with Crippen molar-refractivity contribution in [3.05, 3.63) is 108 Å². The third-order valence-corrected chi connectivity index (χ3v) is 5.61. The van der Waals surface area contributed by atoms with Gasteiger partial charge in [0.05, 0.1) is 0 Å². The van der Waals surface area contributed by atoms with Gasteiger partial charge in [-0.3, -0.25) is 0 Å². The van der Waals surface area contributed by atoms with E-state index in [4.69, 9.17) is 0 Å². The minimum absolute atomic E-state index is 1.27. The molecule has 28 heavy (non-hydrogen) atoms. The molecule has 0 fully saturated rings. The molecule has 0 aliphatic rings. The van der Waals surface area contributed by atoms with Gasteiger partial charge in [-0.15, -0.1) is 0 Å². The zero-order chi connectivity index (χ0) is 19.1. The topological polar surface area (TPSA) is 0 Å². The van der Waals surface area contributed by atoms with Crippen molar-refractivity contribution < 1.29 is 0 Å². The van der Waals surface area contributed by atoms with Crippen LogP contribution in [0.5, 0.6) is 0 Å². The molecular weight excluding hydrogens is 336 g/mol. The van der Waals surface area contributed by atoms with Crippen molar-refractivity contribution in [3.63, 3.8) is 0 Å². The first-order valence-electron chi connectivity index (χ1n) is 9.78. The normalized spacial score (nSPS) is 11.2. The van der Waals surface area contributed by atoms with Crippen LogP contribution in [-0.2, 0) is 0 Å². The fraction of sp³-hybridized carbons (Fsp3) is 0.0714. The lowest BCUT2D eigenvalue weighted by atomic mass is 9.95. The fourth-order valence-corrected chi connectivity index (χ4v) is 3.92. The van der Waals surface area contributed by atoms with Gasteiger partial charge in [-0.1, -0.05) is 96.1 Å². The molecule has 0 N–H and O–H groups in total. The summed E-state index contributed by atoms with van der Waals surface area (Å²) in [6, 6.07) is 35.6. The Balaban J connectivity index is 1.61. The standard InChI is InChI=1S/C28H22/c1-19-3-7-21(8-4-19)23-13-15-27-25(17-23)11-12-26-18-24(14-16-28(26)27)22-9-5-20(2)6-10-22/h3-18H,1-2H3. The molecule has 134 valence electrons. The molecule has 0 saturated heterocycles. The van der Waals surface area contributed by atoms with E-state index in [2.05, 4.69) is 111 Å². The summed E-state index contributed by atoms with van der Waals surface area (Å²) in [6.07, 6.45) is 0. The van der Waals surface area contributed by atoms with E-state index in [9.17, 15) is 0 Å². The van der Waals surface area contributed by atoms with E-state index in [1.54, 1.807) is 0 Å². The van der Waals surface area contributed by atoms with E-state index in [0.717, 1.165) is 0 Å². The smallest absolute Gasteiger partial charge is 0.0105 e. The largest absolute Gasteiger partial charge is 0.0587 e. The quantitative estimate of drug-likeness (QED) is 0.281. The van der Waals surface area contributed by atoms with Crippen LogP contribution in [0.4, 0.5) is 0 Å². The van der Waals surface area contributed by atoms with Gasteiger partial charge in [0, 0.05) is 0 Å². The second-order valence-corrected chi connectivity index (χ2v) is 7.67. The molecule has 0 spiro atoms. The lowest BCUT2D eigenvalue weighted by molar-refractivity contribution is 1.47. The molecule has 0 heteroatoms. The predicted molar refractivity (Wildman–Crippen MR) is 122 cm³/mol. The van der Waals surface area contributed by atoms with Crippen molar-refractivity contribution in [1.82, 2.24) is 0 Å². The highest BCUT2D eigenvalue weighted by molar-refractivity contribution is 6.09. The third kappa shape index (κ3) is 2.97. The number of fused-ring (bicyclic) bond motifs is 3. The zero-order valence-electron chi connectivity index (χ0n) is 16.2. The molecule has 5 aromatic carbocycles. The second kappa shape index (κ2) is 6.65. The second-order valence-electron chi connectivity index (χ2n) is 7.67. The van der Waals surface area contributed by atoms with Crippen molar-refractivity contribution >= 4 is 21.5 Å². The molecule has 0 unspecified atom stereocenters. The molecule has 0 aliphatic carbocycles. The molecule has 5 rings (SSSR count). The number of benzene rings is 5. The zero-order valence-corrected chi connectivity index (χ0v) is 16.2. The summed E-state index contributed by atoms with van der Waals surface area (Å²) in [4.78, 5) is 0. The molecule has 0 aromatic heterocycles. The monoisotopic (exact) mass is 358 g/mol. The van der Waals surface area contributed by atoms with E-state index in [0.29, 0.717) is 0 Å². The van der Waals surface area contributed by atoms with Crippen LogP contribution in [0.3, 0.4) is 0 Å². The van der Waals surface area contributed by atoms with Crippen LogP contribution in [0.1, 0.15) is 11.1 Å². The summed E-state index contributed by atoms with van der Waals surface area (Å²) < 4.78 is 0. The van der Waals surface area contributed by atoms with Crippen molar-refractivity contribution in [3.8, 4) is 22.3 Å². The first kappa shape index (κ1) is 16.8. The molecule has 0 atom stereocenters. The Morgan fingerprint density at radius 2 is 0.714 bits per heavy atom. The summed E-state index contributed by atoms with van der Waals surface area (Å²) in [6.45, 7) is 4.25. The minimum atomic E-state index is 1.27. The Labute approximate surface area is 166 Å². The van der Waals surface area contributed by atoms with Crippen molar-refractivity contribution in [2.45, 2.75) is 13.8 Å². The Hall–Kier alpha value is -3.38. The lowest BCUT2D eigenvalue weighted by Gasteiger charge is -2.09. The molecular formula is C28H22. The van der Waals surface area contributed by atoms with Gasteiger partial charge in [-0.25, -0.2) is 0 Å². The van der Waals surface area contributed by atoms with Gasteiger partial charge >= 0.3 is 0 Å². The average molecular weight is 358 g/mol. The highest BCUT2D eigenvalue weighted by Gasteiger charge is 2.05. The van der Waals surface area contributed by atoms with Gasteiger partial charge in [0.2, 0.25) is 0 Å². The van der Waals surface area contributed by atoms with Crippen LogP contribution in [0.25, 0.3) is 43.8 Å². The van der Waals surface area contributed by atoms with E-state index in [-0.39, 0.29) is 0 Å². The van der Waals surface area contributed by atoms with E-state index in [1.807, 2.05) is 0 Å². The van der Waals surface area contributed by atoms with Gasteiger partial charge in [0.15, 0.2) is 0 Å². The Morgan fingerprint density at radius 3 is 1.11 bits per heavy atom. The number of hydrogen-bond donors (Lipinski definition) is 0. The van der Waals surface area contributed by atoms with Crippen molar-refractivity contribution in [2.24, 2.45) is 0 Å². The SMILES string of the molecule is Cc1ccc(-c2ccc3c(ccc4cc(-c5ccc(C)cc5)ccc43)c2)cc1. The van der Waals surface area contributed by atoms with Crippen LogP contribution < -0.4 is 0 Å². The lowest BCUT2D eigenvalue weighted by Crippen LogP contribution is -1.83. The molecule has 0 saturated carbocycles. The summed E-state index contributed by atoms with van der Waals surface area (Å²) in [5, 5.41) is 5.19. The Morgan fingerprint density at radius 1 is 0.357 bits per heavy atom. The summed E-state index contributed by atoms with van der Waals surface area (Å²) >= 11 is 0. The highest BCUT2D eigenvalue weighted by Crippen LogP contribution is 2.32. The first-order chi connectivity index (χ1) is 13.7. The van der Waals surface area contributed by atoms with Gasteiger partial charge in [0.25, 0.3) is 0 Å². The number of hydrogen-bond acceptors (Lipinski definition) is 0. The van der Waals surface area contributed by atoms with E-state index in [1.165, 1.54) is 54.9 Å². The van der Waals surface area contributed by atoms with Gasteiger partial charge < -0.3 is 0 Å². The summed E-state index contributed by atoms with van der Waals surface area (Å²) in [5.41, 5.74) is 7.65. The molecule has 0 aliphatic heterocycles. The minimum Gasteiger partial charge on any atom is -0.0587 e. The summed E-state index contributed by atoms with van der Waals surface area (Å²) in [5.74, 6) is 0. The van der Waals surface area contributed by atoms with Crippen molar-refractivity contribution in [2.75, 3.05) is 0 Å². The fourth-order valence-electron chi connectivity index (χ4n) is 3.92. The first-order valence-corrected chi connectivity index (χ1v) is 9.78. The van der Waals surface area contributed by atoms with Crippen LogP contribution in [0.15, 0.2) is 97.1 Å². The van der Waals surface area contributed by atoms with Crippen LogP contribution in [0.2, 0.25) is 0 Å². The third-order valence-electron chi connectivity index (χ3n) is 5.61. The predicted octanol–water partition coefficient (Wildman–Crippen LogP) is 7.94. The van der Waals surface area contributed by atoms with Gasteiger partial charge in [-0.05, 0) is 69.8 Å². The number of rotatable bonds is 2. The Bertz CT molecular complexity index is 1190. The van der Waals surface area contributed by atoms with E-state index < -0.39 is 0 Å². The van der Waals surface area contributed by atoms with Gasteiger partial charge in [0.1, 0.15) is 0 Å². The highest BCUT2D eigenvalue weighted by atomic mass is 14.1. The van der Waals surface area contributed by atoms with Gasteiger partial charge in [-0.2, -0.15) is 0 Å². The molecule has 5 aromatic rings. The van der Waals surface area contributed by atoms with Crippen LogP contribution in [-0.4, -0.2) is 0 Å². The molecule has 0 heterocycles. The van der Waals surface area contributed by atoms with E-state index >= 15 is 0 Å². The Kier molecular flexibility index (Phi) is 3.98. The maximum absolute atomic E-state index is 2.30. The molecule has 0 amide bonds. The number of aryl methyl sites for hydroxylation is 2. The van der Waals surface area contributed by atoms with Crippen LogP contribution >= 0.6 is 0 Å². The van der Waals surface area contributed by atoms with Crippen molar-refractivity contribution in [1.29, 1.82) is 0 Å².